The number of hydrogen-bond donors (Lipinski definition) is 0. The van der Waals surface area contributed by atoms with Crippen molar-refractivity contribution in [2.45, 2.75) is 6.42 Å². The summed E-state index contributed by atoms with van der Waals surface area (Å²) in [5, 5.41) is 0. The minimum atomic E-state index is 0.679. The molecule has 88 valence electrons. The smallest absolute Gasteiger partial charge is 0.150 e. The quantitative estimate of drug-likeness (QED) is 0.418. The number of hydrogen-bond acceptors (Lipinski definition) is 2. The van der Waals surface area contributed by atoms with Crippen LogP contribution in [0.4, 0.5) is 0 Å². The fraction of sp³-hybridized carbons (Fsp3) is 0.462. The van der Waals surface area contributed by atoms with E-state index in [1.807, 2.05) is 12.1 Å². The molecular formula is C13H20NO2+. The summed E-state index contributed by atoms with van der Waals surface area (Å²) >= 11 is 0. The van der Waals surface area contributed by atoms with Gasteiger partial charge in [0.15, 0.2) is 0 Å². The summed E-state index contributed by atoms with van der Waals surface area (Å²) < 4.78 is 6.53. The summed E-state index contributed by atoms with van der Waals surface area (Å²) in [5.41, 5.74) is 0.679. The van der Waals surface area contributed by atoms with Crippen LogP contribution < -0.4 is 4.74 Å². The van der Waals surface area contributed by atoms with Gasteiger partial charge in [-0.1, -0.05) is 0 Å². The highest BCUT2D eigenvalue weighted by Gasteiger charge is 2.05. The van der Waals surface area contributed by atoms with E-state index >= 15 is 0 Å². The van der Waals surface area contributed by atoms with Gasteiger partial charge in [-0.25, -0.2) is 0 Å². The molecule has 0 bridgehead atoms. The van der Waals surface area contributed by atoms with Crippen molar-refractivity contribution in [2.24, 2.45) is 0 Å². The Morgan fingerprint density at radius 1 is 1.19 bits per heavy atom. The predicted octanol–water partition coefficient (Wildman–Crippen LogP) is 1.97. The van der Waals surface area contributed by atoms with Gasteiger partial charge in [-0.2, -0.15) is 0 Å². The Morgan fingerprint density at radius 3 is 2.31 bits per heavy atom. The molecule has 0 fully saturated rings. The van der Waals surface area contributed by atoms with E-state index in [2.05, 4.69) is 21.1 Å². The van der Waals surface area contributed by atoms with Crippen molar-refractivity contribution in [3.63, 3.8) is 0 Å². The normalized spacial score (nSPS) is 11.2. The molecule has 0 amide bonds. The van der Waals surface area contributed by atoms with Gasteiger partial charge in [0.2, 0.25) is 0 Å². The Bertz CT molecular complexity index is 325. The zero-order valence-electron chi connectivity index (χ0n) is 10.3. The second-order valence-corrected chi connectivity index (χ2v) is 4.90. The van der Waals surface area contributed by atoms with Gasteiger partial charge in [0, 0.05) is 12.0 Å². The Balaban J connectivity index is 2.29. The standard InChI is InChI=1S/C13H20NO2/c1-14(2,3)9-4-10-16-13-7-5-12(11-15)6-8-13/h5-8,11H,4,9-10H2,1-3H3/q+1. The molecular weight excluding hydrogens is 202 g/mol. The molecule has 0 heterocycles. The molecule has 3 nitrogen and oxygen atoms in total. The van der Waals surface area contributed by atoms with E-state index in [-0.39, 0.29) is 0 Å². The van der Waals surface area contributed by atoms with Crippen LogP contribution in [0.3, 0.4) is 0 Å². The molecule has 0 saturated carbocycles. The highest BCUT2D eigenvalue weighted by molar-refractivity contribution is 5.74. The molecule has 1 aromatic rings. The van der Waals surface area contributed by atoms with E-state index in [4.69, 9.17) is 4.74 Å². The summed E-state index contributed by atoms with van der Waals surface area (Å²) in [5.74, 6) is 0.826. The number of carbonyl (C=O) groups excluding carboxylic acids is 1. The van der Waals surface area contributed by atoms with Crippen molar-refractivity contribution in [3.05, 3.63) is 29.8 Å². The Morgan fingerprint density at radius 2 is 1.81 bits per heavy atom. The topological polar surface area (TPSA) is 26.3 Å². The fourth-order valence-corrected chi connectivity index (χ4v) is 1.37. The van der Waals surface area contributed by atoms with Gasteiger partial charge in [0.25, 0.3) is 0 Å². The van der Waals surface area contributed by atoms with Gasteiger partial charge in [-0.05, 0) is 24.3 Å². The van der Waals surface area contributed by atoms with Crippen molar-refractivity contribution < 1.29 is 14.0 Å². The highest BCUT2D eigenvalue weighted by Crippen LogP contribution is 2.11. The molecule has 0 atom stereocenters. The molecule has 0 radical (unpaired) electrons. The van der Waals surface area contributed by atoms with Gasteiger partial charge in [0.1, 0.15) is 12.0 Å². The van der Waals surface area contributed by atoms with Gasteiger partial charge >= 0.3 is 0 Å². The molecule has 0 aliphatic heterocycles. The lowest BCUT2D eigenvalue weighted by Crippen LogP contribution is -2.35. The minimum absolute atomic E-state index is 0.679. The third-order valence-electron chi connectivity index (χ3n) is 2.26. The molecule has 0 aliphatic carbocycles. The average molecular weight is 222 g/mol. The summed E-state index contributed by atoms with van der Waals surface area (Å²) in [6.07, 6.45) is 1.86. The van der Waals surface area contributed by atoms with Crippen LogP contribution in [0.1, 0.15) is 16.8 Å². The number of benzene rings is 1. The van der Waals surface area contributed by atoms with E-state index in [1.54, 1.807) is 12.1 Å². The van der Waals surface area contributed by atoms with Gasteiger partial charge in [-0.15, -0.1) is 0 Å². The summed E-state index contributed by atoms with van der Waals surface area (Å²) in [4.78, 5) is 10.4. The second kappa shape index (κ2) is 5.66. The van der Waals surface area contributed by atoms with Crippen LogP contribution in [0, 0.1) is 0 Å². The van der Waals surface area contributed by atoms with E-state index in [9.17, 15) is 4.79 Å². The highest BCUT2D eigenvalue weighted by atomic mass is 16.5. The molecule has 1 aromatic carbocycles. The second-order valence-electron chi connectivity index (χ2n) is 4.90. The minimum Gasteiger partial charge on any atom is -0.493 e. The predicted molar refractivity (Wildman–Crippen MR) is 64.8 cm³/mol. The first-order chi connectivity index (χ1) is 7.51. The van der Waals surface area contributed by atoms with Crippen molar-refractivity contribution in [1.82, 2.24) is 0 Å². The first kappa shape index (κ1) is 12.7. The monoisotopic (exact) mass is 222 g/mol. The zero-order valence-corrected chi connectivity index (χ0v) is 10.3. The van der Waals surface area contributed by atoms with Gasteiger partial charge in [0.05, 0.1) is 34.3 Å². The number of quaternary nitrogens is 1. The molecule has 0 N–H and O–H groups in total. The SMILES string of the molecule is C[N+](C)(C)CCCOc1ccc(C=O)cc1. The van der Waals surface area contributed by atoms with Crippen molar-refractivity contribution in [2.75, 3.05) is 34.3 Å². The lowest BCUT2D eigenvalue weighted by molar-refractivity contribution is -0.870. The summed E-state index contributed by atoms with van der Waals surface area (Å²) in [7, 11) is 6.50. The number of aldehydes is 1. The first-order valence-corrected chi connectivity index (χ1v) is 5.50. The maximum Gasteiger partial charge on any atom is 0.150 e. The van der Waals surface area contributed by atoms with Crippen LogP contribution in [-0.2, 0) is 0 Å². The first-order valence-electron chi connectivity index (χ1n) is 5.50. The van der Waals surface area contributed by atoms with Crippen LogP contribution in [0.25, 0.3) is 0 Å². The van der Waals surface area contributed by atoms with E-state index in [0.717, 1.165) is 36.1 Å². The Hall–Kier alpha value is -1.35. The maximum atomic E-state index is 10.4. The lowest BCUT2D eigenvalue weighted by Gasteiger charge is -2.23. The summed E-state index contributed by atoms with van der Waals surface area (Å²) in [6, 6.07) is 7.19. The van der Waals surface area contributed by atoms with Crippen molar-refractivity contribution in [1.29, 1.82) is 0 Å². The van der Waals surface area contributed by atoms with Crippen LogP contribution >= 0.6 is 0 Å². The van der Waals surface area contributed by atoms with E-state index in [0.29, 0.717) is 5.56 Å². The fourth-order valence-electron chi connectivity index (χ4n) is 1.37. The van der Waals surface area contributed by atoms with Crippen LogP contribution in [0.2, 0.25) is 0 Å². The molecule has 3 heteroatoms. The molecule has 0 unspecified atom stereocenters. The van der Waals surface area contributed by atoms with Crippen molar-refractivity contribution in [3.8, 4) is 5.75 Å². The van der Waals surface area contributed by atoms with Crippen molar-refractivity contribution >= 4 is 6.29 Å². The Kier molecular flexibility index (Phi) is 4.50. The molecule has 1 rings (SSSR count). The van der Waals surface area contributed by atoms with Gasteiger partial charge in [-0.3, -0.25) is 4.79 Å². The van der Waals surface area contributed by atoms with Gasteiger partial charge < -0.3 is 9.22 Å². The number of nitrogens with zero attached hydrogens (tertiary/aromatic N) is 1. The molecule has 0 spiro atoms. The maximum absolute atomic E-state index is 10.4. The molecule has 0 aromatic heterocycles. The number of rotatable bonds is 6. The largest absolute Gasteiger partial charge is 0.493 e. The van der Waals surface area contributed by atoms with Crippen LogP contribution in [0.15, 0.2) is 24.3 Å². The average Bonchev–Trinajstić information content (AvgIpc) is 2.24. The molecule has 0 saturated heterocycles. The molecule has 16 heavy (non-hydrogen) atoms. The third-order valence-corrected chi connectivity index (χ3v) is 2.26. The van der Waals surface area contributed by atoms with E-state index in [1.165, 1.54) is 0 Å². The zero-order chi connectivity index (χ0) is 12.0. The van der Waals surface area contributed by atoms with E-state index < -0.39 is 0 Å². The number of carbonyl (C=O) groups is 1. The third kappa shape index (κ3) is 4.94. The van der Waals surface area contributed by atoms with Crippen LogP contribution in [0.5, 0.6) is 5.75 Å². The lowest BCUT2D eigenvalue weighted by atomic mass is 10.2. The molecule has 0 aliphatic rings. The number of ether oxygens (including phenoxy) is 1. The van der Waals surface area contributed by atoms with Crippen LogP contribution in [-0.4, -0.2) is 45.1 Å². The Labute approximate surface area is 97.2 Å². The summed E-state index contributed by atoms with van der Waals surface area (Å²) in [6.45, 7) is 1.81.